The third-order valence-electron chi connectivity index (χ3n) is 4.46. The molecule has 24 heteroatoms. The van der Waals surface area contributed by atoms with Gasteiger partial charge in [-0.2, -0.15) is 22.0 Å². The molecule has 1 aromatic heterocycles. The van der Waals surface area contributed by atoms with Crippen molar-refractivity contribution in [3.8, 4) is 11.5 Å². The van der Waals surface area contributed by atoms with Crippen molar-refractivity contribution in [2.24, 2.45) is 5.73 Å². The summed E-state index contributed by atoms with van der Waals surface area (Å²) < 4.78 is 0. The van der Waals surface area contributed by atoms with Crippen LogP contribution in [0.4, 0.5) is 34.1 Å². The van der Waals surface area contributed by atoms with Gasteiger partial charge in [-0.15, -0.1) is 0 Å². The molecule has 0 fully saturated rings. The van der Waals surface area contributed by atoms with Gasteiger partial charge in [0.15, 0.2) is 0 Å². The van der Waals surface area contributed by atoms with Crippen LogP contribution in [0.1, 0.15) is 5.69 Å². The fourth-order valence-electron chi connectivity index (χ4n) is 2.62. The molecule has 0 saturated heterocycles. The highest BCUT2D eigenvalue weighted by molar-refractivity contribution is 7.98. The van der Waals surface area contributed by atoms with Crippen LogP contribution in [0, 0.1) is 60.7 Å². The summed E-state index contributed by atoms with van der Waals surface area (Å²) in [5.74, 6) is -0.525. The lowest BCUT2D eigenvalue weighted by molar-refractivity contribution is -0.404. The van der Waals surface area contributed by atoms with E-state index >= 15 is 0 Å². The fraction of sp³-hybridized carbons (Fsp3) is 0.158. The van der Waals surface area contributed by atoms with Crippen LogP contribution in [0.5, 0.6) is 11.5 Å². The molecule has 0 aliphatic heterocycles. The number of thioether (sulfide) groups is 1. The molecule has 0 radical (unpaired) electrons. The maximum absolute atomic E-state index is 10.4. The molecule has 4 N–H and O–H groups in total. The summed E-state index contributed by atoms with van der Waals surface area (Å²) in [5.41, 5.74) is 0.351. The van der Waals surface area contributed by atoms with Gasteiger partial charge in [0.05, 0.1) is 59.5 Å². The number of nitro benzene ring substituents is 6. The first-order valence-corrected chi connectivity index (χ1v) is 11.9. The minimum atomic E-state index is -1.21. The van der Waals surface area contributed by atoms with E-state index in [1.807, 2.05) is 12.1 Å². The summed E-state index contributed by atoms with van der Waals surface area (Å²) in [5, 5.41) is 88.1. The topological polar surface area (TPSA) is 351 Å². The Morgan fingerprint density at radius 2 is 1.05 bits per heavy atom. The molecular weight excluding hydrogens is 610 g/mol. The number of aromatic nitrogens is 2. The summed E-state index contributed by atoms with van der Waals surface area (Å²) in [6, 6.07) is 5.65. The first-order chi connectivity index (χ1) is 20.1. The zero-order valence-corrected chi connectivity index (χ0v) is 21.8. The molecule has 1 heterocycles. The number of non-ortho nitro benzene ring substituents is 2. The lowest BCUT2D eigenvalue weighted by atomic mass is 10.2. The van der Waals surface area contributed by atoms with Gasteiger partial charge in [0.25, 0.3) is 22.9 Å². The predicted molar refractivity (Wildman–Crippen MR) is 143 cm³/mol. The summed E-state index contributed by atoms with van der Waals surface area (Å²) in [7, 11) is 0. The fourth-order valence-corrected chi connectivity index (χ4v) is 3.29. The third-order valence-corrected chi connectivity index (χ3v) is 5.48. The number of aromatic hydroxyl groups is 2. The van der Waals surface area contributed by atoms with E-state index in [1.54, 1.807) is 18.0 Å². The van der Waals surface area contributed by atoms with E-state index < -0.39 is 75.2 Å². The normalized spacial score (nSPS) is 9.79. The Morgan fingerprint density at radius 1 is 0.674 bits per heavy atom. The molecular formula is C19H17N9O14S. The molecule has 3 aromatic rings. The van der Waals surface area contributed by atoms with Crippen molar-refractivity contribution in [3.63, 3.8) is 0 Å². The lowest BCUT2D eigenvalue weighted by Gasteiger charge is -1.97. The van der Waals surface area contributed by atoms with Gasteiger partial charge in [-0.25, -0.2) is 0 Å². The quantitative estimate of drug-likeness (QED) is 0.165. The van der Waals surface area contributed by atoms with E-state index in [-0.39, 0.29) is 0 Å². The molecule has 0 amide bonds. The summed E-state index contributed by atoms with van der Waals surface area (Å²) in [6.07, 6.45) is 1.68. The molecule has 43 heavy (non-hydrogen) atoms. The molecule has 0 saturated carbocycles. The number of hydrogen-bond acceptors (Lipinski definition) is 18. The molecule has 0 aliphatic rings. The van der Waals surface area contributed by atoms with Crippen LogP contribution in [0.3, 0.4) is 0 Å². The van der Waals surface area contributed by atoms with Gasteiger partial charge in [-0.1, -0.05) is 0 Å². The average molecular weight is 627 g/mol. The SMILES string of the molecule is NCCSCc1cccnn1.O=[N+]([O-])c1cc([N+](=O)[O-])c(O)c([N+](=O)[O-])c1.O=[N+]([O-])c1cc([N+](=O)[O-])c(O)c([N+](=O)[O-])c1. The Morgan fingerprint density at radius 3 is 1.30 bits per heavy atom. The number of benzene rings is 2. The number of nitro groups is 6. The molecule has 0 aliphatic carbocycles. The molecule has 228 valence electrons. The number of nitrogens with two attached hydrogens (primary N) is 1. The van der Waals surface area contributed by atoms with Crippen molar-refractivity contribution in [1.29, 1.82) is 0 Å². The number of rotatable bonds is 10. The molecule has 0 unspecified atom stereocenters. The van der Waals surface area contributed by atoms with Crippen molar-refractivity contribution < 1.29 is 39.8 Å². The summed E-state index contributed by atoms with van der Waals surface area (Å²) >= 11 is 1.78. The van der Waals surface area contributed by atoms with E-state index in [0.29, 0.717) is 24.3 Å². The van der Waals surface area contributed by atoms with Gasteiger partial charge in [0, 0.05) is 24.2 Å². The molecule has 23 nitrogen and oxygen atoms in total. The number of nitrogens with zero attached hydrogens (tertiary/aromatic N) is 8. The Bertz CT molecular complexity index is 1380. The zero-order chi connectivity index (χ0) is 32.9. The van der Waals surface area contributed by atoms with Crippen molar-refractivity contribution in [1.82, 2.24) is 10.2 Å². The van der Waals surface area contributed by atoms with E-state index in [1.165, 1.54) is 0 Å². The monoisotopic (exact) mass is 627 g/mol. The van der Waals surface area contributed by atoms with E-state index in [9.17, 15) is 60.7 Å². The van der Waals surface area contributed by atoms with Gasteiger partial charge in [-0.3, -0.25) is 60.7 Å². The molecule has 2 aromatic carbocycles. The molecule has 0 spiro atoms. The van der Waals surface area contributed by atoms with Crippen molar-refractivity contribution in [2.75, 3.05) is 12.3 Å². The van der Waals surface area contributed by atoms with Crippen LogP contribution in [0.2, 0.25) is 0 Å². The van der Waals surface area contributed by atoms with Crippen LogP contribution in [0.25, 0.3) is 0 Å². The highest BCUT2D eigenvalue weighted by Crippen LogP contribution is 2.40. The van der Waals surface area contributed by atoms with Crippen molar-refractivity contribution in [3.05, 3.63) is 109 Å². The van der Waals surface area contributed by atoms with Crippen molar-refractivity contribution >= 4 is 45.9 Å². The minimum absolute atomic E-state index is 0.447. The van der Waals surface area contributed by atoms with E-state index in [2.05, 4.69) is 10.2 Å². The predicted octanol–water partition coefficient (Wildman–Crippen LogP) is 2.90. The number of hydrogen-bond donors (Lipinski definition) is 3. The van der Waals surface area contributed by atoms with Gasteiger partial charge >= 0.3 is 22.7 Å². The second kappa shape index (κ2) is 16.2. The Hall–Kier alpha value is -6.17. The van der Waals surface area contributed by atoms with Gasteiger partial charge < -0.3 is 15.9 Å². The first-order valence-electron chi connectivity index (χ1n) is 10.8. The standard InChI is InChI=1S/C7H11N3S.2C6H3N3O7/c8-3-5-11-6-7-2-1-4-9-10-7;2*10-6-4(8(13)14)1-3(7(11)12)2-5(6)9(15)16/h1-2,4H,3,5-6,8H2;2*1-2,10H. The number of phenols is 2. The Labute approximate surface area is 240 Å². The number of phenolic OH excluding ortho intramolecular Hbond substituents is 2. The zero-order valence-electron chi connectivity index (χ0n) is 21.0. The largest absolute Gasteiger partial charge is 0.497 e. The van der Waals surface area contributed by atoms with Crippen LogP contribution in [-0.4, -0.2) is 62.2 Å². The summed E-state index contributed by atoms with van der Waals surface area (Å²) in [6.45, 7) is 0.727. The minimum Gasteiger partial charge on any atom is -0.497 e. The third kappa shape index (κ3) is 10.4. The second-order valence-electron chi connectivity index (χ2n) is 7.26. The lowest BCUT2D eigenvalue weighted by Crippen LogP contribution is -2.01. The molecule has 0 bridgehead atoms. The summed E-state index contributed by atoms with van der Waals surface area (Å²) in [4.78, 5) is 55.5. The maximum Gasteiger partial charge on any atom is 0.324 e. The van der Waals surface area contributed by atoms with Crippen molar-refractivity contribution in [2.45, 2.75) is 5.75 Å². The van der Waals surface area contributed by atoms with Crippen LogP contribution in [0.15, 0.2) is 42.6 Å². The Kier molecular flexibility index (Phi) is 13.1. The van der Waals surface area contributed by atoms with E-state index in [4.69, 9.17) is 15.9 Å². The smallest absolute Gasteiger partial charge is 0.324 e. The second-order valence-corrected chi connectivity index (χ2v) is 8.37. The highest BCUT2D eigenvalue weighted by Gasteiger charge is 2.31. The van der Waals surface area contributed by atoms with Gasteiger partial charge in [-0.05, 0) is 12.1 Å². The van der Waals surface area contributed by atoms with Gasteiger partial charge in [0.1, 0.15) is 0 Å². The van der Waals surface area contributed by atoms with Crippen LogP contribution < -0.4 is 5.73 Å². The Balaban J connectivity index is 0.000000329. The molecule has 0 atom stereocenters. The molecule has 3 rings (SSSR count). The van der Waals surface area contributed by atoms with E-state index in [0.717, 1.165) is 23.7 Å². The average Bonchev–Trinajstić information content (AvgIpc) is 2.93. The maximum atomic E-state index is 10.4. The highest BCUT2D eigenvalue weighted by atomic mass is 32.2. The van der Waals surface area contributed by atoms with Crippen LogP contribution >= 0.6 is 11.8 Å². The first kappa shape index (κ1) is 34.9. The van der Waals surface area contributed by atoms with Gasteiger partial charge in [0.2, 0.25) is 0 Å². The van der Waals surface area contributed by atoms with Crippen LogP contribution in [-0.2, 0) is 5.75 Å².